The fourth-order valence-corrected chi connectivity index (χ4v) is 1.53. The van der Waals surface area contributed by atoms with E-state index in [2.05, 4.69) is 25.3 Å². The molecule has 0 atom stereocenters. The van der Waals surface area contributed by atoms with Crippen molar-refractivity contribution in [2.75, 3.05) is 27.3 Å². The molecule has 0 bridgehead atoms. The molecule has 1 heterocycles. The predicted octanol–water partition coefficient (Wildman–Crippen LogP) is 2.11. The van der Waals surface area contributed by atoms with Crippen LogP contribution in [0.1, 0.15) is 19.4 Å². The molecule has 0 amide bonds. The highest BCUT2D eigenvalue weighted by Crippen LogP contribution is 2.17. The van der Waals surface area contributed by atoms with Gasteiger partial charge in [0.15, 0.2) is 12.6 Å². The summed E-state index contributed by atoms with van der Waals surface area (Å²) in [5.74, 6) is 0.512. The van der Waals surface area contributed by atoms with E-state index in [1.807, 2.05) is 13.8 Å². The third-order valence-corrected chi connectivity index (χ3v) is 3.10. The van der Waals surface area contributed by atoms with E-state index in [0.29, 0.717) is 19.0 Å². The topological polar surface area (TPSA) is 67.8 Å². The minimum absolute atomic E-state index is 0.0690. The van der Waals surface area contributed by atoms with Crippen molar-refractivity contribution in [3.63, 3.8) is 0 Å². The highest BCUT2D eigenvalue weighted by Gasteiger charge is 2.28. The van der Waals surface area contributed by atoms with Gasteiger partial charge in [-0.2, -0.15) is 13.2 Å². The minimum Gasteiger partial charge on any atom is -0.468 e. The van der Waals surface area contributed by atoms with Crippen molar-refractivity contribution in [2.45, 2.75) is 32.2 Å². The Kier molecular flexibility index (Phi) is 7.27. The largest absolute Gasteiger partial charge is 0.468 e. The number of nitrogens with one attached hydrogen (secondary N) is 2. The molecular formula is C15H23F3N4O2. The molecule has 24 heavy (non-hydrogen) atoms. The Balaban J connectivity index is 2.46. The van der Waals surface area contributed by atoms with Gasteiger partial charge in [0, 0.05) is 39.5 Å². The van der Waals surface area contributed by atoms with Crippen LogP contribution < -0.4 is 15.4 Å². The van der Waals surface area contributed by atoms with Crippen molar-refractivity contribution >= 4 is 5.96 Å². The Morgan fingerprint density at radius 2 is 1.96 bits per heavy atom. The van der Waals surface area contributed by atoms with Crippen LogP contribution in [0.15, 0.2) is 23.3 Å². The first-order valence-electron chi connectivity index (χ1n) is 7.29. The molecule has 0 saturated heterocycles. The van der Waals surface area contributed by atoms with Crippen LogP contribution in [-0.4, -0.2) is 50.0 Å². The summed E-state index contributed by atoms with van der Waals surface area (Å²) in [5.41, 5.74) is 0.444. The molecule has 0 aliphatic rings. The molecular weight excluding hydrogens is 325 g/mol. The molecule has 0 aromatic carbocycles. The average molecular weight is 348 g/mol. The van der Waals surface area contributed by atoms with E-state index in [1.165, 1.54) is 12.3 Å². The standard InChI is InChI=1S/C15H23F3N4O2/c1-14(2,23-4)9-22-13(19-3)21-8-11-5-6-12(20-7-11)24-10-15(16,17)18/h5-7H,8-10H2,1-4H3,(H2,19,21,22). The summed E-state index contributed by atoms with van der Waals surface area (Å²) < 4.78 is 46.0. The van der Waals surface area contributed by atoms with E-state index in [4.69, 9.17) is 4.74 Å². The molecule has 1 rings (SSSR count). The van der Waals surface area contributed by atoms with Gasteiger partial charge < -0.3 is 20.1 Å². The maximum atomic E-state index is 12.1. The summed E-state index contributed by atoms with van der Waals surface area (Å²) in [5, 5.41) is 6.20. The minimum atomic E-state index is -4.38. The zero-order chi connectivity index (χ0) is 18.2. The van der Waals surface area contributed by atoms with E-state index in [-0.39, 0.29) is 11.5 Å². The van der Waals surface area contributed by atoms with Gasteiger partial charge in [0.1, 0.15) is 0 Å². The van der Waals surface area contributed by atoms with Crippen LogP contribution in [0, 0.1) is 0 Å². The fourth-order valence-electron chi connectivity index (χ4n) is 1.53. The van der Waals surface area contributed by atoms with Crippen LogP contribution in [0.5, 0.6) is 5.88 Å². The lowest BCUT2D eigenvalue weighted by Crippen LogP contribution is -2.45. The monoisotopic (exact) mass is 348 g/mol. The molecule has 0 saturated carbocycles. The third kappa shape index (κ3) is 8.00. The van der Waals surface area contributed by atoms with Gasteiger partial charge in [0.05, 0.1) is 5.60 Å². The smallest absolute Gasteiger partial charge is 0.422 e. The summed E-state index contributed by atoms with van der Waals surface area (Å²) in [4.78, 5) is 7.92. The number of methoxy groups -OCH3 is 1. The van der Waals surface area contributed by atoms with Crippen LogP contribution in [0.4, 0.5) is 13.2 Å². The van der Waals surface area contributed by atoms with Crippen molar-refractivity contribution in [2.24, 2.45) is 4.99 Å². The van der Waals surface area contributed by atoms with Gasteiger partial charge in [-0.25, -0.2) is 4.98 Å². The lowest BCUT2D eigenvalue weighted by molar-refractivity contribution is -0.154. The van der Waals surface area contributed by atoms with Gasteiger partial charge in [0.25, 0.3) is 0 Å². The molecule has 0 aliphatic heterocycles. The molecule has 0 radical (unpaired) electrons. The van der Waals surface area contributed by atoms with Crippen LogP contribution in [0.25, 0.3) is 0 Å². The molecule has 1 aromatic rings. The number of halogens is 3. The van der Waals surface area contributed by atoms with Gasteiger partial charge in [-0.1, -0.05) is 6.07 Å². The van der Waals surface area contributed by atoms with Crippen LogP contribution in [-0.2, 0) is 11.3 Å². The van der Waals surface area contributed by atoms with E-state index in [1.54, 1.807) is 20.2 Å². The number of rotatable bonds is 7. The number of hydrogen-bond donors (Lipinski definition) is 2. The predicted molar refractivity (Wildman–Crippen MR) is 85.1 cm³/mol. The third-order valence-electron chi connectivity index (χ3n) is 3.10. The van der Waals surface area contributed by atoms with E-state index in [9.17, 15) is 13.2 Å². The summed E-state index contributed by atoms with van der Waals surface area (Å²) >= 11 is 0. The number of nitrogens with zero attached hydrogens (tertiary/aromatic N) is 2. The lowest BCUT2D eigenvalue weighted by atomic mass is 10.1. The number of alkyl halides is 3. The Morgan fingerprint density at radius 3 is 2.46 bits per heavy atom. The van der Waals surface area contributed by atoms with Crippen molar-refractivity contribution in [1.82, 2.24) is 15.6 Å². The van der Waals surface area contributed by atoms with Gasteiger partial charge in [0.2, 0.25) is 5.88 Å². The van der Waals surface area contributed by atoms with Crippen molar-refractivity contribution < 1.29 is 22.6 Å². The summed E-state index contributed by atoms with van der Waals surface area (Å²) in [6, 6.07) is 3.03. The first-order valence-corrected chi connectivity index (χ1v) is 7.29. The number of ether oxygens (including phenoxy) is 2. The quantitative estimate of drug-likeness (QED) is 0.584. The number of hydrogen-bond acceptors (Lipinski definition) is 4. The van der Waals surface area contributed by atoms with E-state index >= 15 is 0 Å². The Hall–Kier alpha value is -2.03. The fraction of sp³-hybridized carbons (Fsp3) is 0.600. The number of guanidine groups is 1. The highest BCUT2D eigenvalue weighted by molar-refractivity contribution is 5.79. The van der Waals surface area contributed by atoms with Gasteiger partial charge in [-0.05, 0) is 19.4 Å². The second kappa shape index (κ2) is 8.72. The average Bonchev–Trinajstić information content (AvgIpc) is 2.53. The molecule has 1 aromatic heterocycles. The normalized spacial score (nSPS) is 12.9. The molecule has 6 nitrogen and oxygen atoms in total. The highest BCUT2D eigenvalue weighted by atomic mass is 19.4. The maximum absolute atomic E-state index is 12.1. The van der Waals surface area contributed by atoms with Crippen LogP contribution >= 0.6 is 0 Å². The van der Waals surface area contributed by atoms with Crippen molar-refractivity contribution in [3.8, 4) is 5.88 Å². The molecule has 136 valence electrons. The Bertz CT molecular complexity index is 531. The lowest BCUT2D eigenvalue weighted by Gasteiger charge is -2.24. The Morgan fingerprint density at radius 1 is 1.25 bits per heavy atom. The van der Waals surface area contributed by atoms with Crippen LogP contribution in [0.2, 0.25) is 0 Å². The van der Waals surface area contributed by atoms with Crippen molar-refractivity contribution in [3.05, 3.63) is 23.9 Å². The molecule has 0 spiro atoms. The first-order chi connectivity index (χ1) is 11.1. The number of aromatic nitrogens is 1. The number of pyridine rings is 1. The summed E-state index contributed by atoms with van der Waals surface area (Å²) in [6.45, 7) is 3.50. The SMILES string of the molecule is CN=C(NCc1ccc(OCC(F)(F)F)nc1)NCC(C)(C)OC. The zero-order valence-electron chi connectivity index (χ0n) is 14.2. The molecule has 0 fully saturated rings. The van der Waals surface area contributed by atoms with Gasteiger partial charge in [-0.3, -0.25) is 4.99 Å². The molecule has 2 N–H and O–H groups in total. The van der Waals surface area contributed by atoms with Crippen LogP contribution in [0.3, 0.4) is 0 Å². The second-order valence-electron chi connectivity index (χ2n) is 5.65. The second-order valence-corrected chi connectivity index (χ2v) is 5.65. The maximum Gasteiger partial charge on any atom is 0.422 e. The molecule has 0 aliphatic carbocycles. The summed E-state index contributed by atoms with van der Waals surface area (Å²) in [6.07, 6.45) is -2.93. The Labute approximate surface area is 139 Å². The molecule has 0 unspecified atom stereocenters. The van der Waals surface area contributed by atoms with E-state index in [0.717, 1.165) is 5.56 Å². The van der Waals surface area contributed by atoms with Gasteiger partial charge >= 0.3 is 6.18 Å². The number of aliphatic imine (C=N–C) groups is 1. The molecule has 9 heteroatoms. The van der Waals surface area contributed by atoms with E-state index < -0.39 is 12.8 Å². The first kappa shape index (κ1) is 20.0. The van der Waals surface area contributed by atoms with Gasteiger partial charge in [-0.15, -0.1) is 0 Å². The van der Waals surface area contributed by atoms with Crippen molar-refractivity contribution in [1.29, 1.82) is 0 Å². The zero-order valence-corrected chi connectivity index (χ0v) is 14.2. The summed E-state index contributed by atoms with van der Waals surface area (Å²) in [7, 11) is 3.27.